The van der Waals surface area contributed by atoms with Crippen molar-refractivity contribution in [1.29, 1.82) is 5.26 Å². The third-order valence-electron chi connectivity index (χ3n) is 4.53. The van der Waals surface area contributed by atoms with Gasteiger partial charge in [-0.1, -0.05) is 0 Å². The van der Waals surface area contributed by atoms with Crippen molar-refractivity contribution in [1.82, 2.24) is 15.0 Å². The second-order valence-corrected chi connectivity index (χ2v) is 6.67. The summed E-state index contributed by atoms with van der Waals surface area (Å²) >= 11 is 0. The van der Waals surface area contributed by atoms with E-state index in [-0.39, 0.29) is 30.9 Å². The van der Waals surface area contributed by atoms with Crippen molar-refractivity contribution >= 4 is 59.0 Å². The van der Waals surface area contributed by atoms with Gasteiger partial charge in [-0.05, 0) is 43.2 Å². The molecule has 0 unspecified atom stereocenters. The van der Waals surface area contributed by atoms with Crippen molar-refractivity contribution in [2.24, 2.45) is 5.73 Å². The van der Waals surface area contributed by atoms with E-state index in [0.717, 1.165) is 42.8 Å². The number of aromatic nitrogens is 3. The van der Waals surface area contributed by atoms with Gasteiger partial charge in [-0.15, -0.1) is 24.8 Å². The first kappa shape index (κ1) is 22.4. The fraction of sp³-hybridized carbons (Fsp3) is 0.263. The van der Waals surface area contributed by atoms with E-state index >= 15 is 0 Å². The van der Waals surface area contributed by atoms with Gasteiger partial charge in [-0.2, -0.15) is 10.2 Å². The van der Waals surface area contributed by atoms with Crippen molar-refractivity contribution in [2.45, 2.75) is 18.9 Å². The molecular formula is C19H22Cl2N8. The smallest absolute Gasteiger partial charge is 0.229 e. The van der Waals surface area contributed by atoms with E-state index in [1.807, 2.05) is 12.1 Å². The van der Waals surface area contributed by atoms with E-state index in [1.165, 1.54) is 0 Å². The zero-order valence-corrected chi connectivity index (χ0v) is 17.2. The Morgan fingerprint density at radius 2 is 2.03 bits per heavy atom. The maximum absolute atomic E-state index is 9.14. The average molecular weight is 433 g/mol. The molecule has 3 heterocycles. The Morgan fingerprint density at radius 1 is 1.21 bits per heavy atom. The highest BCUT2D eigenvalue weighted by molar-refractivity contribution is 5.87. The maximum Gasteiger partial charge on any atom is 0.229 e. The topological polar surface area (TPSA) is 130 Å². The van der Waals surface area contributed by atoms with Crippen LogP contribution in [-0.4, -0.2) is 34.1 Å². The minimum atomic E-state index is 0. The van der Waals surface area contributed by atoms with Crippen LogP contribution in [0.5, 0.6) is 0 Å². The Balaban J connectivity index is 0.00000150. The molecule has 0 amide bonds. The van der Waals surface area contributed by atoms with Gasteiger partial charge in [0.25, 0.3) is 0 Å². The molecule has 29 heavy (non-hydrogen) atoms. The van der Waals surface area contributed by atoms with Crippen LogP contribution >= 0.6 is 24.8 Å². The molecule has 152 valence electrons. The van der Waals surface area contributed by atoms with Gasteiger partial charge < -0.3 is 21.7 Å². The summed E-state index contributed by atoms with van der Waals surface area (Å²) in [6, 6.07) is 11.0. The number of nitrogens with two attached hydrogens (primary N) is 2. The minimum Gasteiger partial charge on any atom is -0.399 e. The minimum absolute atomic E-state index is 0. The molecule has 1 aliphatic rings. The highest BCUT2D eigenvalue weighted by Gasteiger charge is 2.21. The van der Waals surface area contributed by atoms with Crippen molar-refractivity contribution < 1.29 is 0 Å². The molecule has 0 saturated carbocycles. The van der Waals surface area contributed by atoms with E-state index in [1.54, 1.807) is 24.4 Å². The first-order valence-electron chi connectivity index (χ1n) is 8.83. The fourth-order valence-electron chi connectivity index (χ4n) is 3.35. The number of pyridine rings is 1. The van der Waals surface area contributed by atoms with Crippen LogP contribution in [0.1, 0.15) is 18.4 Å². The molecule has 5 N–H and O–H groups in total. The SMILES string of the molecule is Cl.Cl.N#Cc1cc(N)cc(Nc2nc(N3CCC[C@@H](N)C3)c3ncccc3n2)c1. The quantitative estimate of drug-likeness (QED) is 0.538. The number of nitriles is 1. The summed E-state index contributed by atoms with van der Waals surface area (Å²) in [6.45, 7) is 1.62. The Labute approximate surface area is 181 Å². The molecule has 1 saturated heterocycles. The number of rotatable bonds is 3. The van der Waals surface area contributed by atoms with Crippen LogP contribution in [-0.2, 0) is 0 Å². The molecule has 10 heteroatoms. The molecule has 1 aliphatic heterocycles. The Hall–Kier alpha value is -2.86. The second-order valence-electron chi connectivity index (χ2n) is 6.67. The fourth-order valence-corrected chi connectivity index (χ4v) is 3.35. The van der Waals surface area contributed by atoms with Crippen LogP contribution in [0.15, 0.2) is 36.5 Å². The average Bonchev–Trinajstić information content (AvgIpc) is 2.67. The lowest BCUT2D eigenvalue weighted by atomic mass is 10.1. The number of fused-ring (bicyclic) bond motifs is 1. The monoisotopic (exact) mass is 432 g/mol. The number of nitrogens with zero attached hydrogens (tertiary/aromatic N) is 5. The molecule has 0 bridgehead atoms. The number of hydrogen-bond donors (Lipinski definition) is 3. The predicted octanol–water partition coefficient (Wildman–Crippen LogP) is 2.99. The molecule has 0 aliphatic carbocycles. The number of nitrogen functional groups attached to an aromatic ring is 1. The van der Waals surface area contributed by atoms with Gasteiger partial charge in [0.05, 0.1) is 17.1 Å². The van der Waals surface area contributed by atoms with E-state index in [2.05, 4.69) is 26.3 Å². The summed E-state index contributed by atoms with van der Waals surface area (Å²) in [7, 11) is 0. The lowest BCUT2D eigenvalue weighted by Crippen LogP contribution is -2.43. The summed E-state index contributed by atoms with van der Waals surface area (Å²) in [4.78, 5) is 15.9. The molecule has 1 atom stereocenters. The molecule has 4 rings (SSSR count). The van der Waals surface area contributed by atoms with Gasteiger partial charge in [0.2, 0.25) is 5.95 Å². The third kappa shape index (κ3) is 4.95. The van der Waals surface area contributed by atoms with Gasteiger partial charge >= 0.3 is 0 Å². The molecule has 1 fully saturated rings. The Morgan fingerprint density at radius 3 is 2.79 bits per heavy atom. The Bertz CT molecular complexity index is 1040. The van der Waals surface area contributed by atoms with Crippen molar-refractivity contribution in [3.8, 4) is 6.07 Å². The zero-order valence-electron chi connectivity index (χ0n) is 15.6. The largest absolute Gasteiger partial charge is 0.399 e. The standard InChI is InChI=1S/C19H20N8.2ClH/c20-10-12-7-14(22)9-15(8-12)24-19-25-16-4-1-5-23-17(16)18(26-19)27-6-2-3-13(21)11-27;;/h1,4-5,7-9,13H,2-3,6,11,21-22H2,(H,24,25,26);2*1H/t13-;;/m1../s1. The van der Waals surface area contributed by atoms with E-state index in [4.69, 9.17) is 21.7 Å². The van der Waals surface area contributed by atoms with Gasteiger partial charge in [0.1, 0.15) is 5.52 Å². The third-order valence-corrected chi connectivity index (χ3v) is 4.53. The lowest BCUT2D eigenvalue weighted by molar-refractivity contribution is 0.504. The van der Waals surface area contributed by atoms with Crippen LogP contribution in [0.2, 0.25) is 0 Å². The van der Waals surface area contributed by atoms with Crippen LogP contribution < -0.4 is 21.7 Å². The summed E-state index contributed by atoms with van der Waals surface area (Å²) < 4.78 is 0. The second kappa shape index (κ2) is 9.56. The number of hydrogen-bond acceptors (Lipinski definition) is 8. The number of halogens is 2. The molecule has 3 aromatic rings. The molecule has 0 radical (unpaired) electrons. The highest BCUT2D eigenvalue weighted by Crippen LogP contribution is 2.27. The summed E-state index contributed by atoms with van der Waals surface area (Å²) in [5, 5.41) is 12.3. The van der Waals surface area contributed by atoms with Crippen molar-refractivity contribution in [3.05, 3.63) is 42.1 Å². The highest BCUT2D eigenvalue weighted by atomic mass is 35.5. The van der Waals surface area contributed by atoms with Crippen LogP contribution in [0.25, 0.3) is 11.0 Å². The van der Waals surface area contributed by atoms with E-state index in [9.17, 15) is 0 Å². The molecule has 8 nitrogen and oxygen atoms in total. The number of nitrogens with one attached hydrogen (secondary N) is 1. The first-order chi connectivity index (χ1) is 13.1. The first-order valence-corrected chi connectivity index (χ1v) is 8.83. The van der Waals surface area contributed by atoms with Gasteiger partial charge in [0, 0.05) is 36.7 Å². The Kier molecular flexibility index (Phi) is 7.40. The summed E-state index contributed by atoms with van der Waals surface area (Å²) in [6.07, 6.45) is 3.77. The lowest BCUT2D eigenvalue weighted by Gasteiger charge is -2.32. The number of anilines is 4. The van der Waals surface area contributed by atoms with Gasteiger partial charge in [-0.25, -0.2) is 4.98 Å². The normalized spacial score (nSPS) is 15.7. The molecule has 1 aromatic carbocycles. The summed E-state index contributed by atoms with van der Waals surface area (Å²) in [5.74, 6) is 1.20. The van der Waals surface area contributed by atoms with Crippen LogP contribution in [0.4, 0.5) is 23.1 Å². The van der Waals surface area contributed by atoms with Gasteiger partial charge in [0.15, 0.2) is 5.82 Å². The van der Waals surface area contributed by atoms with Gasteiger partial charge in [-0.3, -0.25) is 4.98 Å². The van der Waals surface area contributed by atoms with Crippen LogP contribution in [0, 0.1) is 11.3 Å². The van der Waals surface area contributed by atoms with Crippen LogP contribution in [0.3, 0.4) is 0 Å². The number of piperidine rings is 1. The molecule has 2 aromatic heterocycles. The molecule has 0 spiro atoms. The van der Waals surface area contributed by atoms with E-state index in [0.29, 0.717) is 22.9 Å². The molecular weight excluding hydrogens is 411 g/mol. The number of benzene rings is 1. The maximum atomic E-state index is 9.14. The van der Waals surface area contributed by atoms with Crippen molar-refractivity contribution in [3.63, 3.8) is 0 Å². The zero-order chi connectivity index (χ0) is 18.8. The summed E-state index contributed by atoms with van der Waals surface area (Å²) in [5.41, 5.74) is 15.2. The van der Waals surface area contributed by atoms with Crippen molar-refractivity contribution in [2.75, 3.05) is 29.0 Å². The van der Waals surface area contributed by atoms with E-state index < -0.39 is 0 Å². The predicted molar refractivity (Wildman–Crippen MR) is 120 cm³/mol.